The Bertz CT molecular complexity index is 988. The molecular weight excluding hydrogens is 408 g/mol. The second kappa shape index (κ2) is 11.0. The number of hydrogen-bond donors (Lipinski definition) is 1. The molecule has 1 atom stereocenters. The van der Waals surface area contributed by atoms with E-state index < -0.39 is 0 Å². The fraction of sp³-hybridized carbons (Fsp3) is 0.375. The van der Waals surface area contributed by atoms with E-state index in [4.69, 9.17) is 4.74 Å². The van der Waals surface area contributed by atoms with Crippen molar-refractivity contribution in [3.8, 4) is 5.75 Å². The van der Waals surface area contributed by atoms with Gasteiger partial charge in [-0.05, 0) is 56.0 Å². The standard InChI is InChI=1S/C24H30N4O2S/c1-17(2)13-14-28-22(16-30-21-11-6-5-7-12-21)26-27-24(28)31-19(4)23(29)25-20-10-8-9-18(3)15-20/h5-12,15,17,19H,13-14,16H2,1-4H3,(H,25,29). The van der Waals surface area contributed by atoms with Crippen LogP contribution in [0.3, 0.4) is 0 Å². The number of ether oxygens (including phenoxy) is 1. The topological polar surface area (TPSA) is 69.0 Å². The van der Waals surface area contributed by atoms with E-state index in [9.17, 15) is 4.79 Å². The van der Waals surface area contributed by atoms with Gasteiger partial charge in [-0.3, -0.25) is 4.79 Å². The Hall–Kier alpha value is -2.80. The highest BCUT2D eigenvalue weighted by Crippen LogP contribution is 2.25. The van der Waals surface area contributed by atoms with Gasteiger partial charge in [-0.2, -0.15) is 0 Å². The summed E-state index contributed by atoms with van der Waals surface area (Å²) in [6.07, 6.45) is 0.994. The van der Waals surface area contributed by atoms with E-state index in [1.807, 2.05) is 68.4 Å². The molecule has 0 saturated heterocycles. The molecule has 0 bridgehead atoms. The molecule has 1 aromatic heterocycles. The summed E-state index contributed by atoms with van der Waals surface area (Å²) in [7, 11) is 0. The number of aryl methyl sites for hydroxylation is 1. The Morgan fingerprint density at radius 3 is 2.58 bits per heavy atom. The van der Waals surface area contributed by atoms with Gasteiger partial charge in [-0.1, -0.05) is 55.9 Å². The van der Waals surface area contributed by atoms with Crippen molar-refractivity contribution in [1.82, 2.24) is 14.8 Å². The Labute approximate surface area is 188 Å². The monoisotopic (exact) mass is 438 g/mol. The average molecular weight is 439 g/mol. The van der Waals surface area contributed by atoms with Crippen molar-refractivity contribution in [2.75, 3.05) is 5.32 Å². The SMILES string of the molecule is Cc1cccc(NC(=O)C(C)Sc2nnc(COc3ccccc3)n2CCC(C)C)c1. The number of anilines is 1. The average Bonchev–Trinajstić information content (AvgIpc) is 3.12. The molecule has 0 fully saturated rings. The smallest absolute Gasteiger partial charge is 0.237 e. The first kappa shape index (κ1) is 22.9. The lowest BCUT2D eigenvalue weighted by Gasteiger charge is -2.15. The highest BCUT2D eigenvalue weighted by atomic mass is 32.2. The molecule has 6 nitrogen and oxygen atoms in total. The zero-order valence-electron chi connectivity index (χ0n) is 18.5. The van der Waals surface area contributed by atoms with E-state index in [0.717, 1.165) is 40.9 Å². The fourth-order valence-corrected chi connectivity index (χ4v) is 3.86. The van der Waals surface area contributed by atoms with Crippen molar-refractivity contribution in [3.63, 3.8) is 0 Å². The van der Waals surface area contributed by atoms with Crippen LogP contribution >= 0.6 is 11.8 Å². The highest BCUT2D eigenvalue weighted by Gasteiger charge is 2.21. The number of aromatic nitrogens is 3. The number of benzene rings is 2. The van der Waals surface area contributed by atoms with Gasteiger partial charge in [0.2, 0.25) is 5.91 Å². The van der Waals surface area contributed by atoms with E-state index in [-0.39, 0.29) is 11.2 Å². The highest BCUT2D eigenvalue weighted by molar-refractivity contribution is 8.00. The van der Waals surface area contributed by atoms with Crippen LogP contribution in [0.25, 0.3) is 0 Å². The number of carbonyl (C=O) groups excluding carboxylic acids is 1. The molecule has 0 radical (unpaired) electrons. The third-order valence-corrected chi connectivity index (χ3v) is 5.85. The number of nitrogens with one attached hydrogen (secondary N) is 1. The molecule has 0 aliphatic heterocycles. The summed E-state index contributed by atoms with van der Waals surface area (Å²) >= 11 is 1.42. The number of carbonyl (C=O) groups is 1. The van der Waals surface area contributed by atoms with Gasteiger partial charge in [0.25, 0.3) is 0 Å². The lowest BCUT2D eigenvalue weighted by molar-refractivity contribution is -0.115. The minimum atomic E-state index is -0.314. The van der Waals surface area contributed by atoms with Crippen molar-refractivity contribution >= 4 is 23.4 Å². The zero-order valence-corrected chi connectivity index (χ0v) is 19.4. The minimum absolute atomic E-state index is 0.0592. The molecule has 0 spiro atoms. The predicted molar refractivity (Wildman–Crippen MR) is 125 cm³/mol. The molecule has 0 aliphatic carbocycles. The van der Waals surface area contributed by atoms with Gasteiger partial charge >= 0.3 is 0 Å². The van der Waals surface area contributed by atoms with E-state index in [0.29, 0.717) is 12.5 Å². The number of nitrogens with zero attached hydrogens (tertiary/aromatic N) is 3. The third kappa shape index (κ3) is 6.85. The minimum Gasteiger partial charge on any atom is -0.486 e. The maximum atomic E-state index is 12.7. The first-order valence-electron chi connectivity index (χ1n) is 10.6. The molecule has 1 N–H and O–H groups in total. The maximum Gasteiger partial charge on any atom is 0.237 e. The van der Waals surface area contributed by atoms with Crippen molar-refractivity contribution in [2.45, 2.75) is 57.7 Å². The molecule has 0 aliphatic rings. The number of amides is 1. The molecule has 3 rings (SSSR count). The molecular formula is C24H30N4O2S. The number of para-hydroxylation sites is 1. The van der Waals surface area contributed by atoms with Crippen LogP contribution in [-0.4, -0.2) is 25.9 Å². The predicted octanol–water partition coefficient (Wildman–Crippen LogP) is 5.33. The molecule has 3 aromatic rings. The van der Waals surface area contributed by atoms with E-state index in [1.165, 1.54) is 11.8 Å². The van der Waals surface area contributed by atoms with Gasteiger partial charge in [-0.25, -0.2) is 0 Å². The van der Waals surface area contributed by atoms with Crippen LogP contribution in [0.5, 0.6) is 5.75 Å². The summed E-state index contributed by atoms with van der Waals surface area (Å²) in [4.78, 5) is 12.7. The number of hydrogen-bond acceptors (Lipinski definition) is 5. The van der Waals surface area contributed by atoms with Crippen LogP contribution in [-0.2, 0) is 17.9 Å². The first-order chi connectivity index (χ1) is 14.9. The van der Waals surface area contributed by atoms with Gasteiger partial charge in [0.15, 0.2) is 11.0 Å². The van der Waals surface area contributed by atoms with Crippen LogP contribution in [0.4, 0.5) is 5.69 Å². The number of thioether (sulfide) groups is 1. The van der Waals surface area contributed by atoms with E-state index >= 15 is 0 Å². The van der Waals surface area contributed by atoms with Crippen LogP contribution in [0.15, 0.2) is 59.8 Å². The van der Waals surface area contributed by atoms with E-state index in [2.05, 4.69) is 33.9 Å². The molecule has 31 heavy (non-hydrogen) atoms. The Kier molecular flexibility index (Phi) is 8.12. The van der Waals surface area contributed by atoms with Crippen molar-refractivity contribution in [3.05, 3.63) is 66.0 Å². The molecule has 164 valence electrons. The lowest BCUT2D eigenvalue weighted by Crippen LogP contribution is -2.23. The zero-order chi connectivity index (χ0) is 22.2. The summed E-state index contributed by atoms with van der Waals surface area (Å²) in [6, 6.07) is 17.5. The van der Waals surface area contributed by atoms with Crippen LogP contribution in [0.1, 0.15) is 38.6 Å². The van der Waals surface area contributed by atoms with Crippen LogP contribution < -0.4 is 10.1 Å². The van der Waals surface area contributed by atoms with Crippen molar-refractivity contribution in [2.24, 2.45) is 5.92 Å². The van der Waals surface area contributed by atoms with Gasteiger partial charge in [0.1, 0.15) is 12.4 Å². The second-order valence-electron chi connectivity index (χ2n) is 7.95. The third-order valence-electron chi connectivity index (χ3n) is 4.77. The van der Waals surface area contributed by atoms with Crippen molar-refractivity contribution in [1.29, 1.82) is 0 Å². The fourth-order valence-electron chi connectivity index (χ4n) is 2.97. The van der Waals surface area contributed by atoms with Crippen molar-refractivity contribution < 1.29 is 9.53 Å². The van der Waals surface area contributed by atoms with Gasteiger partial charge in [-0.15, -0.1) is 10.2 Å². The quantitative estimate of drug-likeness (QED) is 0.433. The summed E-state index contributed by atoms with van der Waals surface area (Å²) in [6.45, 7) is 9.39. The number of rotatable bonds is 10. The lowest BCUT2D eigenvalue weighted by atomic mass is 10.1. The normalized spacial score (nSPS) is 12.0. The molecule has 1 unspecified atom stereocenters. The van der Waals surface area contributed by atoms with Gasteiger partial charge < -0.3 is 14.6 Å². The molecule has 0 saturated carbocycles. The summed E-state index contributed by atoms with van der Waals surface area (Å²) in [5, 5.41) is 12.1. The Morgan fingerprint density at radius 1 is 1.10 bits per heavy atom. The summed E-state index contributed by atoms with van der Waals surface area (Å²) < 4.78 is 7.96. The molecule has 2 aromatic carbocycles. The van der Waals surface area contributed by atoms with E-state index in [1.54, 1.807) is 0 Å². The maximum absolute atomic E-state index is 12.7. The summed E-state index contributed by atoms with van der Waals surface area (Å²) in [5.41, 5.74) is 1.91. The largest absolute Gasteiger partial charge is 0.486 e. The Morgan fingerprint density at radius 2 is 1.87 bits per heavy atom. The Balaban J connectivity index is 1.69. The van der Waals surface area contributed by atoms with Gasteiger partial charge in [0, 0.05) is 12.2 Å². The second-order valence-corrected chi connectivity index (χ2v) is 9.26. The van der Waals surface area contributed by atoms with Crippen LogP contribution in [0.2, 0.25) is 0 Å². The van der Waals surface area contributed by atoms with Crippen LogP contribution in [0, 0.1) is 12.8 Å². The molecule has 7 heteroatoms. The summed E-state index contributed by atoms with van der Waals surface area (Å²) in [5.74, 6) is 2.04. The molecule has 1 amide bonds. The first-order valence-corrected chi connectivity index (χ1v) is 11.4. The molecule has 1 heterocycles. The van der Waals surface area contributed by atoms with Gasteiger partial charge in [0.05, 0.1) is 5.25 Å².